The molecule has 0 fully saturated rings. The Balaban J connectivity index is 2.86. The number of hydrogen-bond donors (Lipinski definition) is 1. The number of alkyl halides is 3. The van der Waals surface area contributed by atoms with E-state index in [2.05, 4.69) is 0 Å². The van der Waals surface area contributed by atoms with Crippen molar-refractivity contribution in [2.45, 2.75) is 37.4 Å². The van der Waals surface area contributed by atoms with E-state index in [0.29, 0.717) is 6.07 Å². The fourth-order valence-corrected chi connectivity index (χ4v) is 2.47. The van der Waals surface area contributed by atoms with Crippen molar-refractivity contribution in [1.82, 2.24) is 4.72 Å². The quantitative estimate of drug-likeness (QED) is 0.855. The third kappa shape index (κ3) is 5.64. The van der Waals surface area contributed by atoms with E-state index >= 15 is 0 Å². The zero-order valence-electron chi connectivity index (χ0n) is 12.2. The number of hydrogen-bond acceptors (Lipinski definition) is 4. The van der Waals surface area contributed by atoms with Crippen molar-refractivity contribution in [2.24, 2.45) is 0 Å². The lowest BCUT2D eigenvalue weighted by molar-refractivity contribution is -0.153. The summed E-state index contributed by atoms with van der Waals surface area (Å²) in [7, 11) is -4.24. The number of benzene rings is 1. The topological polar surface area (TPSA) is 72.5 Å². The van der Waals surface area contributed by atoms with Gasteiger partial charge in [0.2, 0.25) is 10.0 Å². The lowest BCUT2D eigenvalue weighted by Gasteiger charge is -2.19. The highest BCUT2D eigenvalue weighted by molar-refractivity contribution is 7.89. The molecule has 0 aliphatic rings. The minimum absolute atomic E-state index is 0.497. The fraction of sp³-hybridized carbons (Fsp3) is 0.462. The molecule has 0 aliphatic heterocycles. The van der Waals surface area contributed by atoms with Crippen LogP contribution < -0.4 is 4.72 Å². The zero-order valence-corrected chi connectivity index (χ0v) is 13.0. The minimum atomic E-state index is -4.66. The molecule has 0 atom stereocenters. The van der Waals surface area contributed by atoms with Crippen molar-refractivity contribution in [2.75, 3.05) is 6.54 Å². The largest absolute Gasteiger partial charge is 0.459 e. The second-order valence-electron chi connectivity index (χ2n) is 5.44. The Morgan fingerprint density at radius 3 is 2.32 bits per heavy atom. The molecule has 0 amide bonds. The highest BCUT2D eigenvalue weighted by Crippen LogP contribution is 2.30. The number of nitrogens with one attached hydrogen (secondary N) is 1. The number of carbonyl (C=O) groups is 1. The zero-order chi connectivity index (χ0) is 17.2. The summed E-state index contributed by atoms with van der Waals surface area (Å²) in [6.07, 6.45) is -4.66. The Bertz CT molecular complexity index is 648. The van der Waals surface area contributed by atoms with Gasteiger partial charge in [-0.25, -0.2) is 8.42 Å². The molecule has 1 aromatic carbocycles. The number of halogens is 3. The molecule has 0 bridgehead atoms. The van der Waals surface area contributed by atoms with Gasteiger partial charge in [-0.15, -0.1) is 0 Å². The first-order valence-corrected chi connectivity index (χ1v) is 7.68. The predicted molar refractivity (Wildman–Crippen MR) is 72.5 cm³/mol. The second-order valence-corrected chi connectivity index (χ2v) is 7.20. The van der Waals surface area contributed by atoms with Crippen LogP contribution in [-0.4, -0.2) is 26.5 Å². The third-order valence-corrected chi connectivity index (χ3v) is 3.70. The fourth-order valence-electron chi connectivity index (χ4n) is 1.45. The van der Waals surface area contributed by atoms with Gasteiger partial charge in [0, 0.05) is 0 Å². The third-order valence-electron chi connectivity index (χ3n) is 2.30. The molecule has 0 saturated carbocycles. The molecular formula is C13H16F3NO4S. The smallest absolute Gasteiger partial charge is 0.416 e. The van der Waals surface area contributed by atoms with Gasteiger partial charge in [-0.3, -0.25) is 4.79 Å². The molecule has 0 saturated heterocycles. The van der Waals surface area contributed by atoms with Gasteiger partial charge in [0.25, 0.3) is 0 Å². The second kappa shape index (κ2) is 6.25. The standard InChI is InChI=1S/C13H16F3NO4S/c1-12(2,3)21-11(18)8-17-22(19,20)10-6-4-5-9(7-10)13(14,15)16/h4-7,17H,8H2,1-3H3. The van der Waals surface area contributed by atoms with E-state index in [-0.39, 0.29) is 0 Å². The van der Waals surface area contributed by atoms with Crippen LogP contribution in [0.1, 0.15) is 26.3 Å². The number of esters is 1. The van der Waals surface area contributed by atoms with Crippen LogP contribution in [0.2, 0.25) is 0 Å². The number of sulfonamides is 1. The summed E-state index contributed by atoms with van der Waals surface area (Å²) in [5.74, 6) is -0.831. The predicted octanol–water partition coefficient (Wildman–Crippen LogP) is 2.33. The number of ether oxygens (including phenoxy) is 1. The molecule has 22 heavy (non-hydrogen) atoms. The van der Waals surface area contributed by atoms with Gasteiger partial charge in [-0.2, -0.15) is 17.9 Å². The van der Waals surface area contributed by atoms with Gasteiger partial charge in [0.1, 0.15) is 12.1 Å². The van der Waals surface area contributed by atoms with E-state index in [1.807, 2.05) is 4.72 Å². The summed E-state index contributed by atoms with van der Waals surface area (Å²) >= 11 is 0. The average molecular weight is 339 g/mol. The van der Waals surface area contributed by atoms with Gasteiger partial charge in [0.15, 0.2) is 0 Å². The van der Waals surface area contributed by atoms with E-state index in [9.17, 15) is 26.4 Å². The van der Waals surface area contributed by atoms with Gasteiger partial charge < -0.3 is 4.74 Å². The Hall–Kier alpha value is -1.61. The van der Waals surface area contributed by atoms with Gasteiger partial charge in [0.05, 0.1) is 10.5 Å². The van der Waals surface area contributed by atoms with Crippen LogP contribution in [0.3, 0.4) is 0 Å². The molecule has 0 aromatic heterocycles. The molecule has 1 aromatic rings. The van der Waals surface area contributed by atoms with Crippen molar-refractivity contribution >= 4 is 16.0 Å². The normalized spacial score (nSPS) is 13.0. The van der Waals surface area contributed by atoms with Crippen LogP contribution in [0, 0.1) is 0 Å². The first-order valence-electron chi connectivity index (χ1n) is 6.20. The van der Waals surface area contributed by atoms with Crippen LogP contribution in [0.4, 0.5) is 13.2 Å². The van der Waals surface area contributed by atoms with Crippen LogP contribution in [0.15, 0.2) is 29.2 Å². The van der Waals surface area contributed by atoms with Crippen LogP contribution in [-0.2, 0) is 25.7 Å². The summed E-state index contributed by atoms with van der Waals surface area (Å²) in [5.41, 5.74) is -1.88. The highest BCUT2D eigenvalue weighted by Gasteiger charge is 2.31. The van der Waals surface area contributed by atoms with E-state index in [1.165, 1.54) is 0 Å². The minimum Gasteiger partial charge on any atom is -0.459 e. The summed E-state index contributed by atoms with van der Waals surface area (Å²) in [6.45, 7) is 4.14. The molecule has 1 rings (SSSR count). The van der Waals surface area contributed by atoms with Crippen molar-refractivity contribution < 1.29 is 31.1 Å². The SMILES string of the molecule is CC(C)(C)OC(=O)CNS(=O)(=O)c1cccc(C(F)(F)F)c1. The van der Waals surface area contributed by atoms with Crippen LogP contribution in [0.5, 0.6) is 0 Å². The van der Waals surface area contributed by atoms with Crippen molar-refractivity contribution in [3.8, 4) is 0 Å². The molecule has 0 aliphatic carbocycles. The van der Waals surface area contributed by atoms with Crippen molar-refractivity contribution in [1.29, 1.82) is 0 Å². The van der Waals surface area contributed by atoms with E-state index in [0.717, 1.165) is 18.2 Å². The molecule has 1 N–H and O–H groups in total. The Labute approximate surface area is 126 Å². The summed E-state index contributed by atoms with van der Waals surface area (Å²) in [6, 6.07) is 3.24. The maximum Gasteiger partial charge on any atom is 0.416 e. The molecule has 5 nitrogen and oxygen atoms in total. The molecule has 0 radical (unpaired) electrons. The van der Waals surface area contributed by atoms with Crippen molar-refractivity contribution in [3.05, 3.63) is 29.8 Å². The molecule has 0 heterocycles. The molecule has 124 valence electrons. The molecular weight excluding hydrogens is 323 g/mol. The summed E-state index contributed by atoms with van der Waals surface area (Å²) < 4.78 is 68.3. The average Bonchev–Trinajstić information content (AvgIpc) is 2.34. The first-order chi connectivity index (χ1) is 9.81. The Morgan fingerprint density at radius 2 is 1.82 bits per heavy atom. The van der Waals surface area contributed by atoms with E-state index in [4.69, 9.17) is 4.74 Å². The van der Waals surface area contributed by atoms with Crippen molar-refractivity contribution in [3.63, 3.8) is 0 Å². The van der Waals surface area contributed by atoms with Gasteiger partial charge >= 0.3 is 12.1 Å². The number of rotatable bonds is 4. The maximum absolute atomic E-state index is 12.6. The summed E-state index contributed by atoms with van der Waals surface area (Å²) in [5, 5.41) is 0. The van der Waals surface area contributed by atoms with E-state index in [1.54, 1.807) is 20.8 Å². The lowest BCUT2D eigenvalue weighted by Crippen LogP contribution is -2.34. The monoisotopic (exact) mass is 339 g/mol. The van der Waals surface area contributed by atoms with E-state index < -0.39 is 44.8 Å². The molecule has 9 heteroatoms. The highest BCUT2D eigenvalue weighted by atomic mass is 32.2. The van der Waals surface area contributed by atoms with Gasteiger partial charge in [-0.1, -0.05) is 6.07 Å². The molecule has 0 unspecified atom stereocenters. The lowest BCUT2D eigenvalue weighted by atomic mass is 10.2. The molecule has 0 spiro atoms. The maximum atomic E-state index is 12.6. The number of carbonyl (C=O) groups excluding carboxylic acids is 1. The Kier molecular flexibility index (Phi) is 5.24. The summed E-state index contributed by atoms with van der Waals surface area (Å²) in [4.78, 5) is 10.9. The first kappa shape index (κ1) is 18.4. The van der Waals surface area contributed by atoms with Crippen LogP contribution >= 0.6 is 0 Å². The Morgan fingerprint density at radius 1 is 1.23 bits per heavy atom. The van der Waals surface area contributed by atoms with Gasteiger partial charge in [-0.05, 0) is 39.0 Å². The van der Waals surface area contributed by atoms with Crippen LogP contribution in [0.25, 0.3) is 0 Å².